The lowest BCUT2D eigenvalue weighted by Gasteiger charge is -2.39. The first-order valence-electron chi connectivity index (χ1n) is 7.86. The van der Waals surface area contributed by atoms with Crippen LogP contribution in [0.25, 0.3) is 0 Å². The van der Waals surface area contributed by atoms with Crippen LogP contribution in [0.4, 0.5) is 4.79 Å². The van der Waals surface area contributed by atoms with E-state index in [4.69, 9.17) is 0 Å². The van der Waals surface area contributed by atoms with Gasteiger partial charge in [0.15, 0.2) is 0 Å². The summed E-state index contributed by atoms with van der Waals surface area (Å²) in [5.41, 5.74) is -0.788. The van der Waals surface area contributed by atoms with Crippen LogP contribution in [0.3, 0.4) is 0 Å². The molecule has 0 aliphatic carbocycles. The van der Waals surface area contributed by atoms with Gasteiger partial charge in [0.05, 0.1) is 5.41 Å². The van der Waals surface area contributed by atoms with Crippen molar-refractivity contribution < 1.29 is 14.7 Å². The Hall–Kier alpha value is -1.30. The third-order valence-corrected chi connectivity index (χ3v) is 4.34. The lowest BCUT2D eigenvalue weighted by Crippen LogP contribution is -2.50. The zero-order chi connectivity index (χ0) is 15.9. The second kappa shape index (κ2) is 8.22. The van der Waals surface area contributed by atoms with Crippen LogP contribution in [0.1, 0.15) is 40.0 Å². The van der Waals surface area contributed by atoms with Gasteiger partial charge in [0, 0.05) is 19.6 Å². The highest BCUT2D eigenvalue weighted by atomic mass is 16.4. The van der Waals surface area contributed by atoms with Crippen LogP contribution in [0.5, 0.6) is 0 Å². The Morgan fingerprint density at radius 1 is 1.33 bits per heavy atom. The van der Waals surface area contributed by atoms with Gasteiger partial charge in [0.2, 0.25) is 0 Å². The summed E-state index contributed by atoms with van der Waals surface area (Å²) in [6.07, 6.45) is 2.63. The Kier molecular flexibility index (Phi) is 6.95. The van der Waals surface area contributed by atoms with Gasteiger partial charge < -0.3 is 20.6 Å². The highest BCUT2D eigenvalue weighted by Crippen LogP contribution is 2.34. The Bertz CT molecular complexity index is 358. The van der Waals surface area contributed by atoms with E-state index in [1.807, 2.05) is 0 Å². The molecule has 1 aliphatic rings. The molecule has 6 nitrogen and oxygen atoms in total. The van der Waals surface area contributed by atoms with Crippen LogP contribution in [-0.4, -0.2) is 54.7 Å². The van der Waals surface area contributed by atoms with Crippen LogP contribution in [0, 0.1) is 11.3 Å². The largest absolute Gasteiger partial charge is 0.481 e. The number of aliphatic carboxylic acids is 1. The number of likely N-dealkylation sites (tertiary alicyclic amines) is 1. The summed E-state index contributed by atoms with van der Waals surface area (Å²) in [6.45, 7) is 9.27. The molecule has 122 valence electrons. The number of piperidine rings is 1. The molecular weight excluding hydrogens is 270 g/mol. The Morgan fingerprint density at radius 3 is 2.67 bits per heavy atom. The van der Waals surface area contributed by atoms with Crippen molar-refractivity contribution in [2.45, 2.75) is 40.0 Å². The van der Waals surface area contributed by atoms with Crippen molar-refractivity contribution in [3.8, 4) is 0 Å². The molecule has 1 rings (SSSR count). The van der Waals surface area contributed by atoms with Crippen molar-refractivity contribution in [1.82, 2.24) is 15.5 Å². The smallest absolute Gasteiger partial charge is 0.317 e. The van der Waals surface area contributed by atoms with Crippen molar-refractivity contribution in [3.05, 3.63) is 0 Å². The second-order valence-electron chi connectivity index (χ2n) is 6.25. The van der Waals surface area contributed by atoms with E-state index in [0.29, 0.717) is 19.6 Å². The highest BCUT2D eigenvalue weighted by Gasteiger charge is 2.39. The van der Waals surface area contributed by atoms with Gasteiger partial charge in [-0.2, -0.15) is 0 Å². The first-order valence-corrected chi connectivity index (χ1v) is 7.86. The van der Waals surface area contributed by atoms with Gasteiger partial charge >= 0.3 is 12.0 Å². The monoisotopic (exact) mass is 299 g/mol. The quantitative estimate of drug-likeness (QED) is 0.623. The summed E-state index contributed by atoms with van der Waals surface area (Å²) in [7, 11) is 0. The average molecular weight is 299 g/mol. The number of amides is 2. The number of nitrogens with one attached hydrogen (secondary N) is 2. The van der Waals surface area contributed by atoms with Gasteiger partial charge in [-0.15, -0.1) is 0 Å². The molecule has 6 heteroatoms. The molecule has 1 atom stereocenters. The van der Waals surface area contributed by atoms with E-state index in [0.717, 1.165) is 32.4 Å². The fraction of sp³-hybridized carbons (Fsp3) is 0.867. The van der Waals surface area contributed by atoms with E-state index in [-0.39, 0.29) is 11.9 Å². The van der Waals surface area contributed by atoms with Crippen LogP contribution in [-0.2, 0) is 4.79 Å². The summed E-state index contributed by atoms with van der Waals surface area (Å²) in [5, 5.41) is 15.4. The molecule has 0 saturated carbocycles. The van der Waals surface area contributed by atoms with Crippen LogP contribution in [0.2, 0.25) is 0 Å². The van der Waals surface area contributed by atoms with Gasteiger partial charge in [0.1, 0.15) is 0 Å². The first kappa shape index (κ1) is 17.8. The SMILES string of the molecule is CCNCCCNC(=O)N1CCCC(C(C)(C)C(=O)O)C1. The van der Waals surface area contributed by atoms with E-state index in [1.165, 1.54) is 0 Å². The molecule has 0 spiro atoms. The van der Waals surface area contributed by atoms with Gasteiger partial charge in [-0.1, -0.05) is 6.92 Å². The molecule has 1 aliphatic heterocycles. The number of nitrogens with zero attached hydrogens (tertiary/aromatic N) is 1. The second-order valence-corrected chi connectivity index (χ2v) is 6.25. The maximum absolute atomic E-state index is 12.1. The minimum atomic E-state index is -0.791. The van der Waals surface area contributed by atoms with E-state index < -0.39 is 11.4 Å². The van der Waals surface area contributed by atoms with Gasteiger partial charge in [0.25, 0.3) is 0 Å². The number of urea groups is 1. The number of carboxylic acid groups (broad SMARTS) is 1. The molecule has 0 aromatic carbocycles. The topological polar surface area (TPSA) is 81.7 Å². The Morgan fingerprint density at radius 2 is 2.05 bits per heavy atom. The average Bonchev–Trinajstić information content (AvgIpc) is 2.46. The molecule has 0 bridgehead atoms. The minimum Gasteiger partial charge on any atom is -0.481 e. The third-order valence-electron chi connectivity index (χ3n) is 4.34. The first-order chi connectivity index (χ1) is 9.89. The predicted molar refractivity (Wildman–Crippen MR) is 82.3 cm³/mol. The molecule has 1 fully saturated rings. The van der Waals surface area contributed by atoms with E-state index in [2.05, 4.69) is 17.6 Å². The summed E-state index contributed by atoms with van der Waals surface area (Å²) < 4.78 is 0. The molecule has 0 aromatic rings. The van der Waals surface area contributed by atoms with Gasteiger partial charge in [-0.3, -0.25) is 4.79 Å². The molecule has 21 heavy (non-hydrogen) atoms. The fourth-order valence-corrected chi connectivity index (χ4v) is 2.62. The lowest BCUT2D eigenvalue weighted by atomic mass is 9.74. The van der Waals surface area contributed by atoms with Crippen molar-refractivity contribution in [1.29, 1.82) is 0 Å². The number of rotatable bonds is 7. The van der Waals surface area contributed by atoms with Crippen molar-refractivity contribution in [2.24, 2.45) is 11.3 Å². The summed E-state index contributed by atoms with van der Waals surface area (Å²) in [5.74, 6) is -0.781. The van der Waals surface area contributed by atoms with Gasteiger partial charge in [-0.05, 0) is 52.1 Å². The van der Waals surface area contributed by atoms with Crippen LogP contribution < -0.4 is 10.6 Å². The molecule has 3 N–H and O–H groups in total. The summed E-state index contributed by atoms with van der Waals surface area (Å²) >= 11 is 0. The van der Waals surface area contributed by atoms with Gasteiger partial charge in [-0.25, -0.2) is 4.79 Å². The minimum absolute atomic E-state index is 0.0104. The molecular formula is C15H29N3O3. The van der Waals surface area contributed by atoms with Crippen molar-refractivity contribution in [3.63, 3.8) is 0 Å². The normalized spacial score (nSPS) is 19.4. The number of hydrogen-bond acceptors (Lipinski definition) is 3. The van der Waals surface area contributed by atoms with Crippen molar-refractivity contribution in [2.75, 3.05) is 32.7 Å². The standard InChI is InChI=1S/C15H29N3O3/c1-4-16-8-6-9-17-14(21)18-10-5-7-12(11-18)15(2,3)13(19)20/h12,16H,4-11H2,1-3H3,(H,17,21)(H,19,20). The van der Waals surface area contributed by atoms with Crippen LogP contribution in [0.15, 0.2) is 0 Å². The maximum atomic E-state index is 12.1. The number of carbonyl (C=O) groups excluding carboxylic acids is 1. The molecule has 0 radical (unpaired) electrons. The van der Waals surface area contributed by atoms with E-state index in [9.17, 15) is 14.7 Å². The number of carboxylic acids is 1. The Balaban J connectivity index is 2.41. The molecule has 1 unspecified atom stereocenters. The highest BCUT2D eigenvalue weighted by molar-refractivity contribution is 5.76. The summed E-state index contributed by atoms with van der Waals surface area (Å²) in [6, 6.07) is -0.0719. The fourth-order valence-electron chi connectivity index (χ4n) is 2.62. The zero-order valence-electron chi connectivity index (χ0n) is 13.4. The maximum Gasteiger partial charge on any atom is 0.317 e. The van der Waals surface area contributed by atoms with Crippen molar-refractivity contribution >= 4 is 12.0 Å². The number of hydrogen-bond donors (Lipinski definition) is 3. The third kappa shape index (κ3) is 5.19. The Labute approximate surface area is 127 Å². The summed E-state index contributed by atoms with van der Waals surface area (Å²) in [4.78, 5) is 25.2. The van der Waals surface area contributed by atoms with E-state index in [1.54, 1.807) is 18.7 Å². The lowest BCUT2D eigenvalue weighted by molar-refractivity contribution is -0.151. The molecule has 1 heterocycles. The zero-order valence-corrected chi connectivity index (χ0v) is 13.4. The molecule has 2 amide bonds. The van der Waals surface area contributed by atoms with E-state index >= 15 is 0 Å². The molecule has 1 saturated heterocycles. The molecule has 0 aromatic heterocycles. The van der Waals surface area contributed by atoms with Crippen LogP contribution >= 0.6 is 0 Å². The number of carbonyl (C=O) groups is 2. The predicted octanol–water partition coefficient (Wildman–Crippen LogP) is 1.52.